The minimum absolute atomic E-state index is 0.183. The van der Waals surface area contributed by atoms with Gasteiger partial charge < -0.3 is 5.43 Å². The average Bonchev–Trinajstić information content (AvgIpc) is 2.16. The molecule has 3 N–H and O–H groups in total. The van der Waals surface area contributed by atoms with Gasteiger partial charge in [-0.3, -0.25) is 4.98 Å². The second-order valence-electron chi connectivity index (χ2n) is 2.36. The van der Waals surface area contributed by atoms with Crippen molar-refractivity contribution < 1.29 is 4.39 Å². The highest BCUT2D eigenvalue weighted by molar-refractivity contribution is 5.84. The van der Waals surface area contributed by atoms with E-state index in [0.717, 1.165) is 0 Å². The van der Waals surface area contributed by atoms with Crippen LogP contribution in [0.3, 0.4) is 0 Å². The molecule has 0 saturated heterocycles. The van der Waals surface area contributed by atoms with Gasteiger partial charge in [-0.2, -0.15) is 9.37 Å². The molecular formula is C7H6FN5. The molecule has 5 nitrogen and oxygen atoms in total. The number of hydrogen-bond donors (Lipinski definition) is 2. The molecule has 0 aliphatic rings. The first-order valence-electron chi connectivity index (χ1n) is 3.56. The maximum Gasteiger partial charge on any atom is 0.311 e. The van der Waals surface area contributed by atoms with Gasteiger partial charge in [0.2, 0.25) is 0 Å². The molecule has 13 heavy (non-hydrogen) atoms. The van der Waals surface area contributed by atoms with E-state index in [1.807, 2.05) is 0 Å². The van der Waals surface area contributed by atoms with Gasteiger partial charge in [0.25, 0.3) is 0 Å². The molecule has 0 fully saturated rings. The van der Waals surface area contributed by atoms with Gasteiger partial charge >= 0.3 is 6.08 Å². The zero-order valence-corrected chi connectivity index (χ0v) is 6.53. The lowest BCUT2D eigenvalue weighted by molar-refractivity contribution is 0.545. The number of hydrazine groups is 1. The smallest absolute Gasteiger partial charge is 0.306 e. The Morgan fingerprint density at radius 1 is 1.38 bits per heavy atom. The van der Waals surface area contributed by atoms with Gasteiger partial charge in [0.15, 0.2) is 5.82 Å². The molecular weight excluding hydrogens is 173 g/mol. The molecule has 2 aromatic rings. The first kappa shape index (κ1) is 7.81. The molecule has 0 unspecified atom stereocenters. The molecule has 2 aromatic heterocycles. The van der Waals surface area contributed by atoms with Crippen LogP contribution in [0.15, 0.2) is 18.3 Å². The standard InChI is InChI=1S/C7H6FN5/c8-7-11-4-2-1-3-10-5(4)6(12-7)13-9/h1-3H,9H2,(H,11,12,13). The summed E-state index contributed by atoms with van der Waals surface area (Å²) in [6.45, 7) is 0. The van der Waals surface area contributed by atoms with Crippen molar-refractivity contribution in [3.8, 4) is 0 Å². The third kappa shape index (κ3) is 1.27. The number of aromatic nitrogens is 3. The first-order chi connectivity index (χ1) is 6.31. The van der Waals surface area contributed by atoms with Crippen LogP contribution >= 0.6 is 0 Å². The molecule has 0 aromatic carbocycles. The van der Waals surface area contributed by atoms with Crippen LogP contribution in [0, 0.1) is 6.08 Å². The number of nitrogen functional groups attached to an aromatic ring is 1. The molecule has 0 atom stereocenters. The topological polar surface area (TPSA) is 76.7 Å². The van der Waals surface area contributed by atoms with Crippen LogP contribution in [0.25, 0.3) is 11.0 Å². The molecule has 0 aliphatic heterocycles. The lowest BCUT2D eigenvalue weighted by Crippen LogP contribution is -2.11. The van der Waals surface area contributed by atoms with Crippen LogP contribution in [0.2, 0.25) is 0 Å². The predicted octanol–water partition coefficient (Wildman–Crippen LogP) is 0.450. The van der Waals surface area contributed by atoms with E-state index in [0.29, 0.717) is 11.0 Å². The number of nitrogens with one attached hydrogen (secondary N) is 1. The van der Waals surface area contributed by atoms with Gasteiger partial charge in [0, 0.05) is 6.20 Å². The number of anilines is 1. The Balaban J connectivity index is 2.81. The summed E-state index contributed by atoms with van der Waals surface area (Å²) in [6.07, 6.45) is 0.734. The number of hydrogen-bond acceptors (Lipinski definition) is 5. The Hall–Kier alpha value is -1.82. The van der Waals surface area contributed by atoms with Crippen LogP contribution in [-0.2, 0) is 0 Å². The molecule has 0 aliphatic carbocycles. The summed E-state index contributed by atoms with van der Waals surface area (Å²) in [5.41, 5.74) is 3.13. The molecule has 66 valence electrons. The van der Waals surface area contributed by atoms with Crippen molar-refractivity contribution in [3.05, 3.63) is 24.4 Å². The van der Waals surface area contributed by atoms with Crippen molar-refractivity contribution in [1.82, 2.24) is 15.0 Å². The highest BCUT2D eigenvalue weighted by atomic mass is 19.1. The number of fused-ring (bicyclic) bond motifs is 1. The van der Waals surface area contributed by atoms with Crippen molar-refractivity contribution in [1.29, 1.82) is 0 Å². The molecule has 0 radical (unpaired) electrons. The molecule has 0 saturated carbocycles. The van der Waals surface area contributed by atoms with Crippen molar-refractivity contribution in [2.75, 3.05) is 5.43 Å². The van der Waals surface area contributed by atoms with E-state index in [9.17, 15) is 4.39 Å². The second-order valence-corrected chi connectivity index (χ2v) is 2.36. The fourth-order valence-electron chi connectivity index (χ4n) is 1.04. The summed E-state index contributed by atoms with van der Waals surface area (Å²) in [6, 6.07) is 3.29. The fraction of sp³-hybridized carbons (Fsp3) is 0. The van der Waals surface area contributed by atoms with E-state index < -0.39 is 6.08 Å². The van der Waals surface area contributed by atoms with Crippen molar-refractivity contribution >= 4 is 16.9 Å². The zero-order valence-electron chi connectivity index (χ0n) is 6.53. The van der Waals surface area contributed by atoms with Crippen molar-refractivity contribution in [3.63, 3.8) is 0 Å². The highest BCUT2D eigenvalue weighted by Gasteiger charge is 2.05. The largest absolute Gasteiger partial charge is 0.311 e. The number of nitrogens with two attached hydrogens (primary N) is 1. The number of nitrogens with zero attached hydrogens (tertiary/aromatic N) is 3. The summed E-state index contributed by atoms with van der Waals surface area (Å²) < 4.78 is 12.7. The van der Waals surface area contributed by atoms with E-state index in [4.69, 9.17) is 5.84 Å². The van der Waals surface area contributed by atoms with Crippen molar-refractivity contribution in [2.24, 2.45) is 5.84 Å². The summed E-state index contributed by atoms with van der Waals surface area (Å²) >= 11 is 0. The van der Waals surface area contributed by atoms with E-state index in [-0.39, 0.29) is 5.82 Å². The van der Waals surface area contributed by atoms with Crippen LogP contribution in [-0.4, -0.2) is 15.0 Å². The first-order valence-corrected chi connectivity index (χ1v) is 3.56. The van der Waals surface area contributed by atoms with Gasteiger partial charge in [-0.05, 0) is 12.1 Å². The van der Waals surface area contributed by atoms with Crippen LogP contribution in [0.5, 0.6) is 0 Å². The van der Waals surface area contributed by atoms with Gasteiger partial charge in [0.05, 0.1) is 5.52 Å². The molecule has 0 spiro atoms. The van der Waals surface area contributed by atoms with Gasteiger partial charge in [0.1, 0.15) is 5.52 Å². The normalized spacial score (nSPS) is 10.3. The average molecular weight is 179 g/mol. The van der Waals surface area contributed by atoms with Crippen LogP contribution < -0.4 is 11.3 Å². The lowest BCUT2D eigenvalue weighted by atomic mass is 10.3. The maximum atomic E-state index is 12.7. The lowest BCUT2D eigenvalue weighted by Gasteiger charge is -2.01. The van der Waals surface area contributed by atoms with Gasteiger partial charge in [-0.25, -0.2) is 10.8 Å². The monoisotopic (exact) mass is 179 g/mol. The summed E-state index contributed by atoms with van der Waals surface area (Å²) in [5, 5.41) is 0. The number of rotatable bonds is 1. The van der Waals surface area contributed by atoms with Crippen LogP contribution in [0.1, 0.15) is 0 Å². The van der Waals surface area contributed by atoms with E-state index in [1.54, 1.807) is 18.3 Å². The molecule has 2 rings (SSSR count). The van der Waals surface area contributed by atoms with E-state index >= 15 is 0 Å². The summed E-state index contributed by atoms with van der Waals surface area (Å²) in [7, 11) is 0. The Bertz CT molecular complexity index is 444. The number of halogens is 1. The predicted molar refractivity (Wildman–Crippen MR) is 45.1 cm³/mol. The minimum atomic E-state index is -0.826. The molecule has 2 heterocycles. The van der Waals surface area contributed by atoms with E-state index in [1.165, 1.54) is 0 Å². The Morgan fingerprint density at radius 3 is 3.00 bits per heavy atom. The van der Waals surface area contributed by atoms with Crippen LogP contribution in [0.4, 0.5) is 10.2 Å². The third-order valence-corrected chi connectivity index (χ3v) is 1.56. The third-order valence-electron chi connectivity index (χ3n) is 1.56. The molecule has 6 heteroatoms. The Morgan fingerprint density at radius 2 is 2.23 bits per heavy atom. The summed E-state index contributed by atoms with van der Waals surface area (Å²) in [5.74, 6) is 5.32. The maximum absolute atomic E-state index is 12.7. The quantitative estimate of drug-likeness (QED) is 0.377. The SMILES string of the molecule is NNc1nc(F)nc2cccnc12. The molecule has 0 amide bonds. The second kappa shape index (κ2) is 2.91. The molecule has 0 bridgehead atoms. The highest BCUT2D eigenvalue weighted by Crippen LogP contribution is 2.15. The van der Waals surface area contributed by atoms with E-state index in [2.05, 4.69) is 20.4 Å². The number of pyridine rings is 1. The van der Waals surface area contributed by atoms with Gasteiger partial charge in [-0.1, -0.05) is 0 Å². The Kier molecular flexibility index (Phi) is 1.75. The Labute approximate surface area is 72.8 Å². The van der Waals surface area contributed by atoms with Crippen molar-refractivity contribution in [2.45, 2.75) is 0 Å². The zero-order chi connectivity index (χ0) is 9.26. The fourth-order valence-corrected chi connectivity index (χ4v) is 1.04. The minimum Gasteiger partial charge on any atom is -0.306 e. The van der Waals surface area contributed by atoms with Gasteiger partial charge in [-0.15, -0.1) is 0 Å². The summed E-state index contributed by atoms with van der Waals surface area (Å²) in [4.78, 5) is 11.0.